The normalized spacial score (nSPS) is 26.8. The van der Waals surface area contributed by atoms with E-state index in [1.54, 1.807) is 0 Å². The first kappa shape index (κ1) is 18.5. The highest BCUT2D eigenvalue weighted by Gasteiger charge is 2.48. The van der Waals surface area contributed by atoms with Gasteiger partial charge < -0.3 is 5.32 Å². The van der Waals surface area contributed by atoms with Gasteiger partial charge in [0.05, 0.1) is 0 Å². The molecule has 0 heterocycles. The Morgan fingerprint density at radius 3 is 2.33 bits per heavy atom. The van der Waals surface area contributed by atoms with E-state index in [4.69, 9.17) is 0 Å². The van der Waals surface area contributed by atoms with Gasteiger partial charge in [-0.05, 0) is 47.8 Å². The molecule has 0 radical (unpaired) electrons. The van der Waals surface area contributed by atoms with Crippen molar-refractivity contribution in [1.82, 2.24) is 5.32 Å². The number of hydrogen-bond acceptors (Lipinski definition) is 1. The summed E-state index contributed by atoms with van der Waals surface area (Å²) < 4.78 is 0. The van der Waals surface area contributed by atoms with Gasteiger partial charge in [-0.15, -0.1) is 0 Å². The molecular formula is C19H37NO. The van der Waals surface area contributed by atoms with Crippen molar-refractivity contribution in [2.45, 2.75) is 80.6 Å². The molecule has 3 atom stereocenters. The molecule has 1 aliphatic carbocycles. The molecule has 0 aromatic rings. The maximum absolute atomic E-state index is 12.1. The average Bonchev–Trinajstić information content (AvgIpc) is 2.90. The van der Waals surface area contributed by atoms with Crippen molar-refractivity contribution in [2.75, 3.05) is 6.54 Å². The minimum absolute atomic E-state index is 0.205. The standard InChI is InChI=1S/C19H37NO/c1-14(2)8-9-15(3)10-17(21)20-13-18(5,6)12-19(7)11-16(19)4/h14-16H,8-13H2,1-7H3,(H,20,21). The van der Waals surface area contributed by atoms with Crippen LogP contribution < -0.4 is 5.32 Å². The molecule has 124 valence electrons. The summed E-state index contributed by atoms with van der Waals surface area (Å²) >= 11 is 0. The second-order valence-corrected chi connectivity index (χ2v) is 9.16. The second-order valence-electron chi connectivity index (χ2n) is 9.16. The number of carbonyl (C=O) groups is 1. The molecule has 1 amide bonds. The zero-order chi connectivity index (χ0) is 16.3. The molecular weight excluding hydrogens is 258 g/mol. The minimum Gasteiger partial charge on any atom is -0.356 e. The second kappa shape index (κ2) is 7.15. The Kier molecular flexibility index (Phi) is 6.31. The van der Waals surface area contributed by atoms with E-state index in [-0.39, 0.29) is 11.3 Å². The zero-order valence-electron chi connectivity index (χ0n) is 15.4. The van der Waals surface area contributed by atoms with Crippen LogP contribution in [-0.4, -0.2) is 12.5 Å². The van der Waals surface area contributed by atoms with Crippen LogP contribution in [0.2, 0.25) is 0 Å². The van der Waals surface area contributed by atoms with Crippen molar-refractivity contribution in [2.24, 2.45) is 28.6 Å². The molecule has 0 aromatic carbocycles. The van der Waals surface area contributed by atoms with Crippen LogP contribution in [0.3, 0.4) is 0 Å². The number of rotatable bonds is 9. The summed E-state index contributed by atoms with van der Waals surface area (Å²) in [6.07, 6.45) is 5.61. The lowest BCUT2D eigenvalue weighted by Gasteiger charge is -2.29. The van der Waals surface area contributed by atoms with Crippen molar-refractivity contribution in [3.05, 3.63) is 0 Å². The van der Waals surface area contributed by atoms with Crippen molar-refractivity contribution in [1.29, 1.82) is 0 Å². The van der Waals surface area contributed by atoms with Gasteiger partial charge in [0.25, 0.3) is 0 Å². The smallest absolute Gasteiger partial charge is 0.220 e. The lowest BCUT2D eigenvalue weighted by Crippen LogP contribution is -2.36. The van der Waals surface area contributed by atoms with Crippen LogP contribution >= 0.6 is 0 Å². The third-order valence-electron chi connectivity index (χ3n) is 5.22. The molecule has 2 nitrogen and oxygen atoms in total. The lowest BCUT2D eigenvalue weighted by atomic mass is 9.80. The van der Waals surface area contributed by atoms with Gasteiger partial charge >= 0.3 is 0 Å². The summed E-state index contributed by atoms with van der Waals surface area (Å²) in [4.78, 5) is 12.1. The molecule has 1 saturated carbocycles. The summed E-state index contributed by atoms with van der Waals surface area (Å²) in [7, 11) is 0. The summed E-state index contributed by atoms with van der Waals surface area (Å²) in [5.74, 6) is 2.31. The van der Waals surface area contributed by atoms with E-state index in [9.17, 15) is 4.79 Å². The van der Waals surface area contributed by atoms with Crippen LogP contribution in [0.4, 0.5) is 0 Å². The Bertz CT molecular complexity index is 347. The predicted octanol–water partition coefficient (Wildman–Crippen LogP) is 5.03. The average molecular weight is 296 g/mol. The largest absolute Gasteiger partial charge is 0.356 e. The highest BCUT2D eigenvalue weighted by molar-refractivity contribution is 5.76. The number of carbonyl (C=O) groups excluding carboxylic acids is 1. The third-order valence-corrected chi connectivity index (χ3v) is 5.22. The van der Waals surface area contributed by atoms with Gasteiger partial charge in [0.2, 0.25) is 5.91 Å². The SMILES string of the molecule is CC(C)CCC(C)CC(=O)NCC(C)(C)CC1(C)CC1C. The van der Waals surface area contributed by atoms with Crippen LogP contribution in [0.15, 0.2) is 0 Å². The summed E-state index contributed by atoms with van der Waals surface area (Å²) in [5, 5.41) is 3.17. The molecule has 0 aromatic heterocycles. The van der Waals surface area contributed by atoms with Crippen LogP contribution in [0.25, 0.3) is 0 Å². The Labute approximate surface area is 132 Å². The quantitative estimate of drug-likeness (QED) is 0.635. The Morgan fingerprint density at radius 2 is 1.86 bits per heavy atom. The molecule has 1 aliphatic rings. The minimum atomic E-state index is 0.205. The molecule has 0 aliphatic heterocycles. The van der Waals surface area contributed by atoms with Crippen LogP contribution in [-0.2, 0) is 4.79 Å². The van der Waals surface area contributed by atoms with Gasteiger partial charge in [-0.3, -0.25) is 4.79 Å². The molecule has 21 heavy (non-hydrogen) atoms. The molecule has 1 rings (SSSR count). The third kappa shape index (κ3) is 6.84. The molecule has 1 fully saturated rings. The Morgan fingerprint density at radius 1 is 1.29 bits per heavy atom. The van der Waals surface area contributed by atoms with Gasteiger partial charge in [0.1, 0.15) is 0 Å². The number of amides is 1. The van der Waals surface area contributed by atoms with Crippen molar-refractivity contribution in [3.8, 4) is 0 Å². The zero-order valence-corrected chi connectivity index (χ0v) is 15.4. The first-order valence-corrected chi connectivity index (χ1v) is 8.81. The fourth-order valence-corrected chi connectivity index (χ4v) is 3.49. The first-order valence-electron chi connectivity index (χ1n) is 8.81. The van der Waals surface area contributed by atoms with E-state index < -0.39 is 0 Å². The maximum atomic E-state index is 12.1. The van der Waals surface area contributed by atoms with E-state index in [1.165, 1.54) is 19.3 Å². The number of hydrogen-bond donors (Lipinski definition) is 1. The Balaban J connectivity index is 2.25. The van der Waals surface area contributed by atoms with Gasteiger partial charge in [-0.25, -0.2) is 0 Å². The highest BCUT2D eigenvalue weighted by atomic mass is 16.1. The summed E-state index contributed by atoms with van der Waals surface area (Å²) in [5.41, 5.74) is 0.717. The molecule has 0 spiro atoms. The lowest BCUT2D eigenvalue weighted by molar-refractivity contribution is -0.122. The Hall–Kier alpha value is -0.530. The summed E-state index contributed by atoms with van der Waals surface area (Å²) in [6, 6.07) is 0. The fourth-order valence-electron chi connectivity index (χ4n) is 3.49. The van der Waals surface area contributed by atoms with E-state index in [0.29, 0.717) is 17.8 Å². The maximum Gasteiger partial charge on any atom is 0.220 e. The van der Waals surface area contributed by atoms with Gasteiger partial charge in [-0.1, -0.05) is 54.9 Å². The molecule has 0 saturated heterocycles. The van der Waals surface area contributed by atoms with Crippen molar-refractivity contribution < 1.29 is 4.79 Å². The van der Waals surface area contributed by atoms with Gasteiger partial charge in [-0.2, -0.15) is 0 Å². The summed E-state index contributed by atoms with van der Waals surface area (Å²) in [6.45, 7) is 16.8. The van der Waals surface area contributed by atoms with E-state index in [1.807, 2.05) is 0 Å². The molecule has 2 heteroatoms. The van der Waals surface area contributed by atoms with Crippen LogP contribution in [0.5, 0.6) is 0 Å². The molecule has 1 N–H and O–H groups in total. The van der Waals surface area contributed by atoms with E-state index in [2.05, 4.69) is 53.8 Å². The topological polar surface area (TPSA) is 29.1 Å². The van der Waals surface area contributed by atoms with Crippen molar-refractivity contribution in [3.63, 3.8) is 0 Å². The van der Waals surface area contributed by atoms with Crippen LogP contribution in [0, 0.1) is 28.6 Å². The molecule has 3 unspecified atom stereocenters. The first-order chi connectivity index (χ1) is 9.54. The van der Waals surface area contributed by atoms with Crippen LogP contribution in [0.1, 0.15) is 80.6 Å². The monoisotopic (exact) mass is 295 g/mol. The predicted molar refractivity (Wildman–Crippen MR) is 91.1 cm³/mol. The van der Waals surface area contributed by atoms with Gasteiger partial charge in [0, 0.05) is 13.0 Å². The van der Waals surface area contributed by atoms with Gasteiger partial charge in [0.15, 0.2) is 0 Å². The number of nitrogens with one attached hydrogen (secondary N) is 1. The fraction of sp³-hybridized carbons (Fsp3) is 0.947. The van der Waals surface area contributed by atoms with E-state index >= 15 is 0 Å². The van der Waals surface area contributed by atoms with Crippen molar-refractivity contribution >= 4 is 5.91 Å². The van der Waals surface area contributed by atoms with E-state index in [0.717, 1.165) is 24.8 Å². The highest BCUT2D eigenvalue weighted by Crippen LogP contribution is 2.57. The molecule has 0 bridgehead atoms.